The summed E-state index contributed by atoms with van der Waals surface area (Å²) in [6.45, 7) is 4.83. The lowest BCUT2D eigenvalue weighted by atomic mass is 9.47. The van der Waals surface area contributed by atoms with Crippen molar-refractivity contribution in [2.75, 3.05) is 0 Å². The first-order valence-corrected chi connectivity index (χ1v) is 10.3. The van der Waals surface area contributed by atoms with Gasteiger partial charge in [0.25, 0.3) is 0 Å². The molecule has 8 atom stereocenters. The van der Waals surface area contributed by atoms with Crippen molar-refractivity contribution in [3.05, 3.63) is 11.6 Å². The zero-order valence-electron chi connectivity index (χ0n) is 13.8. The summed E-state index contributed by atoms with van der Waals surface area (Å²) in [7, 11) is 0. The Labute approximate surface area is 147 Å². The molecular weight excluding hydrogens is 387 g/mol. The molecule has 0 amide bonds. The van der Waals surface area contributed by atoms with Gasteiger partial charge in [0.1, 0.15) is 0 Å². The fourth-order valence-electron chi connectivity index (χ4n) is 6.65. The van der Waals surface area contributed by atoms with E-state index in [1.165, 1.54) is 32.1 Å². The second-order valence-electron chi connectivity index (χ2n) is 8.87. The first-order valence-electron chi connectivity index (χ1n) is 9.07. The monoisotopic (exact) mass is 416 g/mol. The van der Waals surface area contributed by atoms with Gasteiger partial charge in [-0.05, 0) is 73.5 Å². The topological polar surface area (TPSA) is 40.5 Å². The van der Waals surface area contributed by atoms with Gasteiger partial charge in [-0.25, -0.2) is 0 Å². The maximum Gasteiger partial charge on any atom is 0.0724 e. The summed E-state index contributed by atoms with van der Waals surface area (Å²) in [6, 6.07) is 0. The van der Waals surface area contributed by atoms with E-state index >= 15 is 0 Å². The predicted molar refractivity (Wildman–Crippen MR) is 96.9 cm³/mol. The third-order valence-electron chi connectivity index (χ3n) is 8.02. The Balaban J connectivity index is 1.68. The zero-order chi connectivity index (χ0) is 15.7. The zero-order valence-corrected chi connectivity index (χ0v) is 15.9. The van der Waals surface area contributed by atoms with E-state index in [9.17, 15) is 10.2 Å². The number of alkyl halides is 1. The smallest absolute Gasteiger partial charge is 0.0724 e. The summed E-state index contributed by atoms with van der Waals surface area (Å²) in [5.74, 6) is 2.26. The lowest BCUT2D eigenvalue weighted by molar-refractivity contribution is -0.0755. The molecule has 4 rings (SSSR count). The van der Waals surface area contributed by atoms with Crippen molar-refractivity contribution in [1.82, 2.24) is 0 Å². The van der Waals surface area contributed by atoms with Crippen molar-refractivity contribution in [2.24, 2.45) is 28.6 Å². The van der Waals surface area contributed by atoms with Crippen molar-refractivity contribution >= 4 is 22.6 Å². The van der Waals surface area contributed by atoms with Crippen LogP contribution in [0.25, 0.3) is 0 Å². The van der Waals surface area contributed by atoms with Crippen molar-refractivity contribution in [2.45, 2.75) is 74.9 Å². The molecule has 124 valence electrons. The van der Waals surface area contributed by atoms with E-state index < -0.39 is 0 Å². The van der Waals surface area contributed by atoms with E-state index in [-0.39, 0.29) is 17.6 Å². The molecule has 3 heteroatoms. The van der Waals surface area contributed by atoms with Gasteiger partial charge in [-0.15, -0.1) is 0 Å². The minimum atomic E-state index is -0.208. The van der Waals surface area contributed by atoms with E-state index in [0.717, 1.165) is 24.7 Å². The number of fused-ring (bicyclic) bond motifs is 5. The third-order valence-corrected chi connectivity index (χ3v) is 9.21. The molecule has 0 bridgehead atoms. The van der Waals surface area contributed by atoms with Gasteiger partial charge in [-0.2, -0.15) is 0 Å². The van der Waals surface area contributed by atoms with Gasteiger partial charge in [0.2, 0.25) is 0 Å². The standard InChI is InChI=1S/C19H29IO2/c1-18-7-5-12(21)9-11(18)3-4-13-14(18)6-8-19(2)15(13)10-16(20)17(19)22/h9,12-17,21-22H,3-8,10H2,1-2H3/t12?,13-,14-,15+,16?,17?,18+,19+/m1/s1. The Morgan fingerprint density at radius 3 is 2.64 bits per heavy atom. The molecule has 4 aliphatic rings. The van der Waals surface area contributed by atoms with Crippen LogP contribution in [0.15, 0.2) is 11.6 Å². The Morgan fingerprint density at radius 2 is 1.86 bits per heavy atom. The molecule has 22 heavy (non-hydrogen) atoms. The molecule has 0 spiro atoms. The molecule has 0 saturated heterocycles. The first-order chi connectivity index (χ1) is 10.4. The summed E-state index contributed by atoms with van der Waals surface area (Å²) >= 11 is 2.49. The lowest BCUT2D eigenvalue weighted by Gasteiger charge is -2.58. The van der Waals surface area contributed by atoms with E-state index in [0.29, 0.717) is 15.3 Å². The second kappa shape index (κ2) is 5.19. The van der Waals surface area contributed by atoms with Crippen LogP contribution in [-0.4, -0.2) is 26.3 Å². The fraction of sp³-hybridized carbons (Fsp3) is 0.895. The number of allylic oxidation sites excluding steroid dienone is 1. The number of aliphatic hydroxyl groups excluding tert-OH is 2. The molecule has 0 aromatic heterocycles. The Kier molecular flexibility index (Phi) is 3.75. The van der Waals surface area contributed by atoms with Gasteiger partial charge < -0.3 is 10.2 Å². The molecule has 2 nitrogen and oxygen atoms in total. The molecule has 2 N–H and O–H groups in total. The van der Waals surface area contributed by atoms with Gasteiger partial charge in [0, 0.05) is 3.92 Å². The summed E-state index contributed by atoms with van der Waals surface area (Å²) < 4.78 is 0.435. The van der Waals surface area contributed by atoms with Crippen LogP contribution in [0.5, 0.6) is 0 Å². The quantitative estimate of drug-likeness (QED) is 0.355. The first kappa shape index (κ1) is 15.9. The van der Waals surface area contributed by atoms with Gasteiger partial charge >= 0.3 is 0 Å². The van der Waals surface area contributed by atoms with Crippen LogP contribution in [0.3, 0.4) is 0 Å². The highest BCUT2D eigenvalue weighted by Crippen LogP contribution is 2.65. The highest BCUT2D eigenvalue weighted by molar-refractivity contribution is 14.1. The molecular formula is C19H29IO2. The largest absolute Gasteiger partial charge is 0.391 e. The molecule has 4 aliphatic carbocycles. The third kappa shape index (κ3) is 2.03. The van der Waals surface area contributed by atoms with Crippen LogP contribution < -0.4 is 0 Å². The highest BCUT2D eigenvalue weighted by Gasteiger charge is 2.60. The van der Waals surface area contributed by atoms with Crippen molar-refractivity contribution in [1.29, 1.82) is 0 Å². The number of halogens is 1. The molecule has 0 aliphatic heterocycles. The Morgan fingerprint density at radius 1 is 1.09 bits per heavy atom. The molecule has 3 fully saturated rings. The maximum atomic E-state index is 10.7. The van der Waals surface area contributed by atoms with Crippen LogP contribution in [0, 0.1) is 28.6 Å². The van der Waals surface area contributed by atoms with Gasteiger partial charge in [0.15, 0.2) is 0 Å². The molecule has 0 aromatic carbocycles. The molecule has 0 radical (unpaired) electrons. The Hall–Kier alpha value is 0.390. The summed E-state index contributed by atoms with van der Waals surface area (Å²) in [4.78, 5) is 0. The lowest BCUT2D eigenvalue weighted by Crippen LogP contribution is -2.51. The summed E-state index contributed by atoms with van der Waals surface area (Å²) in [5, 5.41) is 20.7. The van der Waals surface area contributed by atoms with Crippen LogP contribution >= 0.6 is 22.6 Å². The second-order valence-corrected chi connectivity index (χ2v) is 10.5. The maximum absolute atomic E-state index is 10.7. The van der Waals surface area contributed by atoms with Crippen LogP contribution in [0.2, 0.25) is 0 Å². The van der Waals surface area contributed by atoms with Gasteiger partial charge in [-0.1, -0.05) is 48.1 Å². The average Bonchev–Trinajstić information content (AvgIpc) is 2.72. The van der Waals surface area contributed by atoms with Crippen LogP contribution in [-0.2, 0) is 0 Å². The van der Waals surface area contributed by atoms with Crippen molar-refractivity contribution in [3.8, 4) is 0 Å². The van der Waals surface area contributed by atoms with E-state index in [1.54, 1.807) is 5.57 Å². The predicted octanol–water partition coefficient (Wildman–Crippen LogP) is 4.08. The Bertz CT molecular complexity index is 504. The minimum absolute atomic E-state index is 0.114. The van der Waals surface area contributed by atoms with E-state index in [4.69, 9.17) is 0 Å². The SMILES string of the molecule is C[C@]12CCC(O)C=C1CC[C@@H]1[C@H]2CC[C@]2(C)C(O)C(I)C[C@@H]12. The van der Waals surface area contributed by atoms with Crippen molar-refractivity contribution in [3.63, 3.8) is 0 Å². The fourth-order valence-corrected chi connectivity index (χ4v) is 8.02. The summed E-state index contributed by atoms with van der Waals surface area (Å²) in [5.41, 5.74) is 2.01. The summed E-state index contributed by atoms with van der Waals surface area (Å²) in [6.07, 6.45) is 10.0. The number of hydrogen-bond donors (Lipinski definition) is 2. The van der Waals surface area contributed by atoms with Crippen LogP contribution in [0.4, 0.5) is 0 Å². The molecule has 0 heterocycles. The van der Waals surface area contributed by atoms with Crippen LogP contribution in [0.1, 0.15) is 58.8 Å². The minimum Gasteiger partial charge on any atom is -0.391 e. The molecule has 3 saturated carbocycles. The van der Waals surface area contributed by atoms with Gasteiger partial charge in [-0.3, -0.25) is 0 Å². The number of rotatable bonds is 0. The highest BCUT2D eigenvalue weighted by atomic mass is 127. The molecule has 3 unspecified atom stereocenters. The normalized spacial score (nSPS) is 57.6. The number of aliphatic hydroxyl groups is 2. The average molecular weight is 416 g/mol. The molecule has 0 aromatic rings. The van der Waals surface area contributed by atoms with Gasteiger partial charge in [0.05, 0.1) is 12.2 Å². The van der Waals surface area contributed by atoms with Crippen molar-refractivity contribution < 1.29 is 10.2 Å². The van der Waals surface area contributed by atoms with E-state index in [2.05, 4.69) is 42.5 Å². The van der Waals surface area contributed by atoms with E-state index in [1.807, 2.05) is 0 Å². The number of hydrogen-bond acceptors (Lipinski definition) is 2.